The standard InChI is InChI=1S/C21H22BrN5O3S/c1-3-27-18(12-23-20(29)14-4-10-17(30-2)11-5-14)25-26-21(27)31-13-19(28)24-16-8-6-15(22)7-9-16/h4-11H,3,12-13H2,1-2H3,(H,23,29)(H,24,28). The SMILES string of the molecule is CCn1c(CNC(=O)c2ccc(OC)cc2)nnc1SCC(=O)Nc1ccc(Br)cc1. The van der Waals surface area contributed by atoms with Gasteiger partial charge in [-0.05, 0) is 55.5 Å². The lowest BCUT2D eigenvalue weighted by Crippen LogP contribution is -2.24. The number of anilines is 1. The highest BCUT2D eigenvalue weighted by molar-refractivity contribution is 9.10. The molecule has 8 nitrogen and oxygen atoms in total. The van der Waals surface area contributed by atoms with Crippen LogP contribution in [0.3, 0.4) is 0 Å². The second-order valence-corrected chi connectivity index (χ2v) is 8.26. The van der Waals surface area contributed by atoms with Crippen molar-refractivity contribution in [3.05, 3.63) is 64.4 Å². The number of hydrogen-bond acceptors (Lipinski definition) is 6. The largest absolute Gasteiger partial charge is 0.497 e. The molecule has 0 atom stereocenters. The van der Waals surface area contributed by atoms with Gasteiger partial charge >= 0.3 is 0 Å². The topological polar surface area (TPSA) is 98.1 Å². The molecule has 2 aromatic carbocycles. The van der Waals surface area contributed by atoms with E-state index in [9.17, 15) is 9.59 Å². The van der Waals surface area contributed by atoms with Crippen LogP contribution < -0.4 is 15.4 Å². The summed E-state index contributed by atoms with van der Waals surface area (Å²) in [4.78, 5) is 24.6. The fourth-order valence-corrected chi connectivity index (χ4v) is 3.82. The molecule has 0 aliphatic rings. The van der Waals surface area contributed by atoms with Crippen LogP contribution >= 0.6 is 27.7 Å². The lowest BCUT2D eigenvalue weighted by Gasteiger charge is -2.09. The van der Waals surface area contributed by atoms with Gasteiger partial charge in [0.2, 0.25) is 5.91 Å². The monoisotopic (exact) mass is 503 g/mol. The molecule has 0 unspecified atom stereocenters. The van der Waals surface area contributed by atoms with E-state index >= 15 is 0 Å². The van der Waals surface area contributed by atoms with Gasteiger partial charge in [-0.2, -0.15) is 0 Å². The van der Waals surface area contributed by atoms with Gasteiger partial charge in [-0.3, -0.25) is 9.59 Å². The first kappa shape index (κ1) is 22.8. The van der Waals surface area contributed by atoms with Crippen LogP contribution in [0, 0.1) is 0 Å². The van der Waals surface area contributed by atoms with Gasteiger partial charge in [0.25, 0.3) is 5.91 Å². The molecule has 2 N–H and O–H groups in total. The summed E-state index contributed by atoms with van der Waals surface area (Å²) in [7, 11) is 1.58. The summed E-state index contributed by atoms with van der Waals surface area (Å²) in [6.45, 7) is 2.82. The average molecular weight is 504 g/mol. The summed E-state index contributed by atoms with van der Waals surface area (Å²) in [5, 5.41) is 14.7. The quantitative estimate of drug-likeness (QED) is 0.431. The molecule has 1 heterocycles. The molecule has 0 bridgehead atoms. The van der Waals surface area contributed by atoms with Crippen molar-refractivity contribution in [2.45, 2.75) is 25.2 Å². The van der Waals surface area contributed by atoms with Gasteiger partial charge in [0, 0.05) is 22.3 Å². The van der Waals surface area contributed by atoms with Gasteiger partial charge in [-0.15, -0.1) is 10.2 Å². The number of thioether (sulfide) groups is 1. The van der Waals surface area contributed by atoms with Crippen LogP contribution in [0.4, 0.5) is 5.69 Å². The van der Waals surface area contributed by atoms with E-state index in [1.165, 1.54) is 11.8 Å². The summed E-state index contributed by atoms with van der Waals surface area (Å²) in [6, 6.07) is 14.2. The summed E-state index contributed by atoms with van der Waals surface area (Å²) in [5.41, 5.74) is 1.26. The molecule has 0 aliphatic heterocycles. The Morgan fingerprint density at radius 2 is 1.81 bits per heavy atom. The maximum atomic E-state index is 12.4. The summed E-state index contributed by atoms with van der Waals surface area (Å²) in [5.74, 6) is 1.17. The highest BCUT2D eigenvalue weighted by Crippen LogP contribution is 2.19. The molecule has 31 heavy (non-hydrogen) atoms. The minimum atomic E-state index is -0.212. The van der Waals surface area contributed by atoms with Crippen molar-refractivity contribution >= 4 is 45.2 Å². The zero-order valence-corrected chi connectivity index (χ0v) is 19.5. The Morgan fingerprint density at radius 1 is 1.10 bits per heavy atom. The molecule has 10 heteroatoms. The van der Waals surface area contributed by atoms with E-state index in [-0.39, 0.29) is 24.1 Å². The number of hydrogen-bond donors (Lipinski definition) is 2. The van der Waals surface area contributed by atoms with Crippen LogP contribution in [0.25, 0.3) is 0 Å². The Labute approximate surface area is 192 Å². The van der Waals surface area contributed by atoms with E-state index in [0.29, 0.717) is 28.8 Å². The highest BCUT2D eigenvalue weighted by atomic mass is 79.9. The van der Waals surface area contributed by atoms with Gasteiger partial charge in [-0.25, -0.2) is 0 Å². The lowest BCUT2D eigenvalue weighted by molar-refractivity contribution is -0.113. The number of benzene rings is 2. The first-order chi connectivity index (χ1) is 15.0. The Hall–Kier alpha value is -2.85. The molecule has 0 aliphatic carbocycles. The van der Waals surface area contributed by atoms with E-state index in [1.54, 1.807) is 31.4 Å². The molecule has 0 saturated heterocycles. The van der Waals surface area contributed by atoms with Crippen LogP contribution in [0.1, 0.15) is 23.1 Å². The molecule has 1 aromatic heterocycles. The maximum absolute atomic E-state index is 12.4. The third kappa shape index (κ3) is 6.31. The molecule has 0 saturated carbocycles. The maximum Gasteiger partial charge on any atom is 0.251 e. The minimum Gasteiger partial charge on any atom is -0.497 e. The van der Waals surface area contributed by atoms with Crippen molar-refractivity contribution in [2.24, 2.45) is 0 Å². The number of carbonyl (C=O) groups excluding carboxylic acids is 2. The van der Waals surface area contributed by atoms with E-state index in [4.69, 9.17) is 4.74 Å². The van der Waals surface area contributed by atoms with Crippen LogP contribution in [-0.4, -0.2) is 39.4 Å². The molecule has 0 spiro atoms. The molecule has 3 rings (SSSR count). The van der Waals surface area contributed by atoms with Gasteiger partial charge in [0.1, 0.15) is 5.75 Å². The van der Waals surface area contributed by atoms with Gasteiger partial charge in [-0.1, -0.05) is 27.7 Å². The number of amides is 2. The zero-order chi connectivity index (χ0) is 22.2. The molecular weight excluding hydrogens is 482 g/mol. The van der Waals surface area contributed by atoms with Crippen LogP contribution in [0.15, 0.2) is 58.2 Å². The fourth-order valence-electron chi connectivity index (χ4n) is 2.74. The van der Waals surface area contributed by atoms with Gasteiger partial charge in [0.15, 0.2) is 11.0 Å². The Kier molecular flexibility index (Phi) is 8.07. The van der Waals surface area contributed by atoms with Crippen LogP contribution in [0.5, 0.6) is 5.75 Å². The van der Waals surface area contributed by atoms with E-state index in [1.807, 2.05) is 35.8 Å². The average Bonchev–Trinajstić information content (AvgIpc) is 3.19. The number of halogens is 1. The molecule has 162 valence electrons. The predicted octanol–water partition coefficient (Wildman–Crippen LogP) is 3.73. The third-order valence-electron chi connectivity index (χ3n) is 4.33. The van der Waals surface area contributed by atoms with Crippen LogP contribution in [0.2, 0.25) is 0 Å². The second kappa shape index (κ2) is 11.0. The van der Waals surface area contributed by atoms with E-state index in [0.717, 1.165) is 10.2 Å². The van der Waals surface area contributed by atoms with Crippen LogP contribution in [-0.2, 0) is 17.9 Å². The Balaban J connectivity index is 1.55. The predicted molar refractivity (Wildman–Crippen MR) is 123 cm³/mol. The third-order valence-corrected chi connectivity index (χ3v) is 5.82. The number of ether oxygens (including phenoxy) is 1. The number of nitrogens with one attached hydrogen (secondary N) is 2. The first-order valence-corrected chi connectivity index (χ1v) is 11.3. The van der Waals surface area contributed by atoms with Crippen molar-refractivity contribution < 1.29 is 14.3 Å². The second-order valence-electron chi connectivity index (χ2n) is 6.40. The normalized spacial score (nSPS) is 10.5. The zero-order valence-electron chi connectivity index (χ0n) is 17.1. The smallest absolute Gasteiger partial charge is 0.251 e. The summed E-state index contributed by atoms with van der Waals surface area (Å²) >= 11 is 4.66. The number of aromatic nitrogens is 3. The lowest BCUT2D eigenvalue weighted by atomic mass is 10.2. The van der Waals surface area contributed by atoms with E-state index < -0.39 is 0 Å². The number of nitrogens with zero attached hydrogens (tertiary/aromatic N) is 3. The fraction of sp³-hybridized carbons (Fsp3) is 0.238. The van der Waals surface area contributed by atoms with Crippen molar-refractivity contribution in [3.8, 4) is 5.75 Å². The Bertz CT molecular complexity index is 1040. The van der Waals surface area contributed by atoms with Crippen molar-refractivity contribution in [1.82, 2.24) is 20.1 Å². The first-order valence-electron chi connectivity index (χ1n) is 9.52. The van der Waals surface area contributed by atoms with Crippen molar-refractivity contribution in [2.75, 3.05) is 18.2 Å². The summed E-state index contributed by atoms with van der Waals surface area (Å²) in [6.07, 6.45) is 0. The van der Waals surface area contributed by atoms with Gasteiger partial charge < -0.3 is 19.9 Å². The molecule has 0 radical (unpaired) electrons. The number of rotatable bonds is 9. The summed E-state index contributed by atoms with van der Waals surface area (Å²) < 4.78 is 7.93. The van der Waals surface area contributed by atoms with Crippen molar-refractivity contribution in [3.63, 3.8) is 0 Å². The number of carbonyl (C=O) groups is 2. The highest BCUT2D eigenvalue weighted by Gasteiger charge is 2.14. The van der Waals surface area contributed by atoms with Crippen molar-refractivity contribution in [1.29, 1.82) is 0 Å². The Morgan fingerprint density at radius 3 is 2.45 bits per heavy atom. The molecule has 0 fully saturated rings. The number of methoxy groups -OCH3 is 1. The molecule has 3 aromatic rings. The minimum absolute atomic E-state index is 0.132. The molecular formula is C21H22BrN5O3S. The van der Waals surface area contributed by atoms with Gasteiger partial charge in [0.05, 0.1) is 19.4 Å². The van der Waals surface area contributed by atoms with E-state index in [2.05, 4.69) is 36.8 Å². The molecule has 2 amide bonds.